The Morgan fingerprint density at radius 3 is 3.07 bits per heavy atom. The fraction of sp³-hybridized carbons (Fsp3) is 0.200. The molecule has 1 aromatic rings. The summed E-state index contributed by atoms with van der Waals surface area (Å²) in [4.78, 5) is 14.4. The molecule has 0 aliphatic carbocycles. The minimum atomic E-state index is -0.957. The monoisotopic (exact) mass is 192 g/mol. The number of carboxylic acids is 1. The molecule has 0 saturated carbocycles. The van der Waals surface area contributed by atoms with Crippen molar-refractivity contribution in [1.29, 1.82) is 0 Å². The number of carboxylic acid groups (broad SMARTS) is 1. The van der Waals surface area contributed by atoms with Gasteiger partial charge in [-0.05, 0) is 18.7 Å². The molecule has 74 valence electrons. The zero-order valence-electron chi connectivity index (χ0n) is 7.90. The molecule has 4 heteroatoms. The largest absolute Gasteiger partial charge is 0.478 e. The molecular formula is C10H12N2O2. The third-order valence-electron chi connectivity index (χ3n) is 1.64. The van der Waals surface area contributed by atoms with Crippen molar-refractivity contribution in [3.63, 3.8) is 0 Å². The van der Waals surface area contributed by atoms with Crippen LogP contribution >= 0.6 is 0 Å². The molecule has 0 saturated heterocycles. The highest BCUT2D eigenvalue weighted by Crippen LogP contribution is 2.04. The summed E-state index contributed by atoms with van der Waals surface area (Å²) in [5.74, 6) is -0.957. The van der Waals surface area contributed by atoms with E-state index in [0.29, 0.717) is 0 Å². The number of nitrogens with zero attached hydrogens (tertiary/aromatic N) is 1. The van der Waals surface area contributed by atoms with Crippen molar-refractivity contribution in [1.82, 2.24) is 10.3 Å². The van der Waals surface area contributed by atoms with Gasteiger partial charge in [0, 0.05) is 18.9 Å². The molecule has 0 amide bonds. The van der Waals surface area contributed by atoms with Gasteiger partial charge in [0.15, 0.2) is 0 Å². The second kappa shape index (κ2) is 5.14. The summed E-state index contributed by atoms with van der Waals surface area (Å²) in [6.45, 7) is 0.747. The second-order valence-corrected chi connectivity index (χ2v) is 2.77. The van der Waals surface area contributed by atoms with Gasteiger partial charge < -0.3 is 10.4 Å². The molecule has 0 unspecified atom stereocenters. The van der Waals surface area contributed by atoms with Crippen LogP contribution < -0.4 is 5.32 Å². The fourth-order valence-corrected chi connectivity index (χ4v) is 0.979. The van der Waals surface area contributed by atoms with E-state index in [9.17, 15) is 4.79 Å². The van der Waals surface area contributed by atoms with E-state index in [1.807, 2.05) is 19.2 Å². The molecule has 4 nitrogen and oxygen atoms in total. The Morgan fingerprint density at radius 2 is 2.43 bits per heavy atom. The average molecular weight is 192 g/mol. The summed E-state index contributed by atoms with van der Waals surface area (Å²) >= 11 is 0. The average Bonchev–Trinajstić information content (AvgIpc) is 2.19. The molecule has 1 heterocycles. The molecule has 2 N–H and O–H groups in total. The Bertz CT molecular complexity index is 348. The second-order valence-electron chi connectivity index (χ2n) is 2.77. The first-order chi connectivity index (χ1) is 6.74. The van der Waals surface area contributed by atoms with E-state index in [4.69, 9.17) is 5.11 Å². The molecule has 0 bridgehead atoms. The maximum absolute atomic E-state index is 10.6. The van der Waals surface area contributed by atoms with Crippen LogP contribution in [0.1, 0.15) is 15.9 Å². The molecule has 14 heavy (non-hydrogen) atoms. The summed E-state index contributed by atoms with van der Waals surface area (Å²) < 4.78 is 0. The van der Waals surface area contributed by atoms with Crippen LogP contribution in [-0.4, -0.2) is 29.7 Å². The quantitative estimate of drug-likeness (QED) is 0.747. The fourth-order valence-electron chi connectivity index (χ4n) is 0.979. The molecule has 0 aliphatic heterocycles. The number of pyridine rings is 1. The van der Waals surface area contributed by atoms with Crippen molar-refractivity contribution in [3.8, 4) is 0 Å². The predicted molar refractivity (Wildman–Crippen MR) is 54.2 cm³/mol. The number of nitrogens with one attached hydrogen (secondary N) is 1. The van der Waals surface area contributed by atoms with E-state index in [0.717, 1.165) is 12.1 Å². The van der Waals surface area contributed by atoms with Crippen LogP contribution in [0.2, 0.25) is 0 Å². The number of hydrogen-bond acceptors (Lipinski definition) is 3. The van der Waals surface area contributed by atoms with Crippen molar-refractivity contribution in [3.05, 3.63) is 35.7 Å². The lowest BCUT2D eigenvalue weighted by molar-refractivity contribution is 0.0696. The van der Waals surface area contributed by atoms with Gasteiger partial charge in [-0.3, -0.25) is 4.98 Å². The van der Waals surface area contributed by atoms with E-state index in [2.05, 4.69) is 10.3 Å². The Balaban J connectivity index is 2.78. The number of rotatable bonds is 4. The van der Waals surface area contributed by atoms with E-state index in [-0.39, 0.29) is 5.56 Å². The van der Waals surface area contributed by atoms with Crippen molar-refractivity contribution in [2.45, 2.75) is 0 Å². The summed E-state index contributed by atoms with van der Waals surface area (Å²) in [5, 5.41) is 11.7. The summed E-state index contributed by atoms with van der Waals surface area (Å²) in [6.07, 6.45) is 6.69. The van der Waals surface area contributed by atoms with Gasteiger partial charge in [-0.25, -0.2) is 4.79 Å². The molecule has 0 radical (unpaired) electrons. The maximum atomic E-state index is 10.6. The van der Waals surface area contributed by atoms with Gasteiger partial charge >= 0.3 is 5.97 Å². The van der Waals surface area contributed by atoms with Gasteiger partial charge in [0.2, 0.25) is 0 Å². The molecule has 0 atom stereocenters. The lowest BCUT2D eigenvalue weighted by Crippen LogP contribution is -2.03. The summed E-state index contributed by atoms with van der Waals surface area (Å²) in [5.41, 5.74) is 0.997. The van der Waals surface area contributed by atoms with Crippen molar-refractivity contribution < 1.29 is 9.90 Å². The molecule has 0 aliphatic rings. The Morgan fingerprint density at radius 1 is 1.64 bits per heavy atom. The maximum Gasteiger partial charge on any atom is 0.337 e. The molecule has 1 rings (SSSR count). The SMILES string of the molecule is CNCC=Cc1cncc(C(=O)O)c1. The van der Waals surface area contributed by atoms with E-state index < -0.39 is 5.97 Å². The molecule has 0 spiro atoms. The van der Waals surface area contributed by atoms with Crippen LogP contribution in [-0.2, 0) is 0 Å². The lowest BCUT2D eigenvalue weighted by atomic mass is 10.2. The van der Waals surface area contributed by atoms with Crippen LogP contribution in [0.15, 0.2) is 24.5 Å². The van der Waals surface area contributed by atoms with E-state index >= 15 is 0 Å². The van der Waals surface area contributed by atoms with Crippen LogP contribution in [0.5, 0.6) is 0 Å². The number of hydrogen-bond donors (Lipinski definition) is 2. The Labute approximate surface area is 82.3 Å². The van der Waals surface area contributed by atoms with Crippen LogP contribution in [0, 0.1) is 0 Å². The highest BCUT2D eigenvalue weighted by molar-refractivity contribution is 5.87. The molecule has 0 aromatic carbocycles. The van der Waals surface area contributed by atoms with Crippen LogP contribution in [0.25, 0.3) is 6.08 Å². The molecular weight excluding hydrogens is 180 g/mol. The minimum absolute atomic E-state index is 0.205. The first-order valence-corrected chi connectivity index (χ1v) is 4.23. The number of aromatic nitrogens is 1. The molecule has 0 fully saturated rings. The third kappa shape index (κ3) is 2.99. The lowest BCUT2D eigenvalue weighted by Gasteiger charge is -1.95. The van der Waals surface area contributed by atoms with Gasteiger partial charge in [-0.1, -0.05) is 12.2 Å². The Kier molecular flexibility index (Phi) is 3.82. The standard InChI is InChI=1S/C10H12N2O2/c1-11-4-2-3-8-5-9(10(13)14)7-12-6-8/h2-3,5-7,11H,4H2,1H3,(H,13,14). The zero-order chi connectivity index (χ0) is 10.4. The van der Waals surface area contributed by atoms with Gasteiger partial charge in [0.05, 0.1) is 5.56 Å². The third-order valence-corrected chi connectivity index (χ3v) is 1.64. The topological polar surface area (TPSA) is 62.2 Å². The molecule has 1 aromatic heterocycles. The van der Waals surface area contributed by atoms with Crippen LogP contribution in [0.3, 0.4) is 0 Å². The van der Waals surface area contributed by atoms with Crippen molar-refractivity contribution >= 4 is 12.0 Å². The van der Waals surface area contributed by atoms with E-state index in [1.165, 1.54) is 6.20 Å². The highest BCUT2D eigenvalue weighted by atomic mass is 16.4. The Hall–Kier alpha value is -1.68. The van der Waals surface area contributed by atoms with E-state index in [1.54, 1.807) is 12.3 Å². The number of carbonyl (C=O) groups is 1. The zero-order valence-corrected chi connectivity index (χ0v) is 7.90. The normalized spacial score (nSPS) is 10.6. The first-order valence-electron chi connectivity index (χ1n) is 4.23. The summed E-state index contributed by atoms with van der Waals surface area (Å²) in [7, 11) is 1.84. The van der Waals surface area contributed by atoms with Gasteiger partial charge in [-0.15, -0.1) is 0 Å². The number of aromatic carboxylic acids is 1. The van der Waals surface area contributed by atoms with Crippen LogP contribution in [0.4, 0.5) is 0 Å². The highest BCUT2D eigenvalue weighted by Gasteiger charge is 2.01. The van der Waals surface area contributed by atoms with Gasteiger partial charge in [0.25, 0.3) is 0 Å². The number of likely N-dealkylation sites (N-methyl/N-ethyl adjacent to an activating group) is 1. The predicted octanol–water partition coefficient (Wildman–Crippen LogP) is 1.01. The smallest absolute Gasteiger partial charge is 0.337 e. The van der Waals surface area contributed by atoms with Crippen molar-refractivity contribution in [2.75, 3.05) is 13.6 Å². The van der Waals surface area contributed by atoms with Gasteiger partial charge in [0.1, 0.15) is 0 Å². The van der Waals surface area contributed by atoms with Gasteiger partial charge in [-0.2, -0.15) is 0 Å². The summed E-state index contributed by atoms with van der Waals surface area (Å²) in [6, 6.07) is 1.58. The van der Waals surface area contributed by atoms with Crippen molar-refractivity contribution in [2.24, 2.45) is 0 Å². The first kappa shape index (κ1) is 10.4. The minimum Gasteiger partial charge on any atom is -0.478 e.